The SMILES string of the molecule is CC(=O)OC[C@@H](OC(C)=O)[C@@H](OC(C)=O)[C@H]1OC[C@H]2C[C@@H]([C@H]1O)N(C)O2. The highest BCUT2D eigenvalue weighted by atomic mass is 16.7. The quantitative estimate of drug-likeness (QED) is 0.465. The molecule has 0 aromatic heterocycles. The molecule has 0 aromatic rings. The highest BCUT2D eigenvalue weighted by Crippen LogP contribution is 2.31. The van der Waals surface area contributed by atoms with Gasteiger partial charge in [-0.2, -0.15) is 5.06 Å². The van der Waals surface area contributed by atoms with Gasteiger partial charge in [-0.1, -0.05) is 0 Å². The van der Waals surface area contributed by atoms with Crippen molar-refractivity contribution in [2.75, 3.05) is 20.3 Å². The first kappa shape index (κ1) is 20.6. The van der Waals surface area contributed by atoms with Crippen LogP contribution in [0.3, 0.4) is 0 Å². The number of carbonyl (C=O) groups excluding carboxylic acids is 3. The van der Waals surface area contributed by atoms with Crippen molar-refractivity contribution in [1.82, 2.24) is 5.06 Å². The maximum Gasteiger partial charge on any atom is 0.303 e. The second-order valence-electron chi connectivity index (χ2n) is 6.39. The Balaban J connectivity index is 2.25. The molecule has 6 atom stereocenters. The van der Waals surface area contributed by atoms with Crippen LogP contribution in [0.2, 0.25) is 0 Å². The maximum absolute atomic E-state index is 11.6. The summed E-state index contributed by atoms with van der Waals surface area (Å²) in [6, 6.07) is -0.378. The molecule has 2 bridgehead atoms. The number of carbonyl (C=O) groups is 3. The summed E-state index contributed by atoms with van der Waals surface area (Å²) in [5, 5.41) is 12.3. The lowest BCUT2D eigenvalue weighted by molar-refractivity contribution is -0.235. The summed E-state index contributed by atoms with van der Waals surface area (Å²) in [4.78, 5) is 39.7. The van der Waals surface area contributed by atoms with Gasteiger partial charge in [-0.15, -0.1) is 0 Å². The second kappa shape index (κ2) is 8.76. The van der Waals surface area contributed by atoms with Crippen LogP contribution in [0.25, 0.3) is 0 Å². The van der Waals surface area contributed by atoms with Crippen LogP contribution in [-0.4, -0.2) is 84.9 Å². The zero-order chi connectivity index (χ0) is 19.4. The Bertz CT molecular complexity index is 540. The Morgan fingerprint density at radius 2 is 1.81 bits per heavy atom. The zero-order valence-electron chi connectivity index (χ0n) is 15.2. The van der Waals surface area contributed by atoms with Crippen molar-refractivity contribution in [2.45, 2.75) is 63.8 Å². The lowest BCUT2D eigenvalue weighted by Gasteiger charge is -2.37. The lowest BCUT2D eigenvalue weighted by atomic mass is 9.96. The molecule has 2 rings (SSSR count). The predicted molar refractivity (Wildman–Crippen MR) is 84.5 cm³/mol. The van der Waals surface area contributed by atoms with Crippen molar-refractivity contribution in [3.8, 4) is 0 Å². The summed E-state index contributed by atoms with van der Waals surface area (Å²) in [7, 11) is 1.69. The summed E-state index contributed by atoms with van der Waals surface area (Å²) in [6.07, 6.45) is -4.03. The van der Waals surface area contributed by atoms with E-state index in [0.717, 1.165) is 0 Å². The molecule has 0 aromatic carbocycles. The highest BCUT2D eigenvalue weighted by molar-refractivity contribution is 5.68. The van der Waals surface area contributed by atoms with E-state index in [9.17, 15) is 19.5 Å². The number of nitrogens with zero attached hydrogens (tertiary/aromatic N) is 1. The fourth-order valence-corrected chi connectivity index (χ4v) is 3.21. The van der Waals surface area contributed by atoms with Crippen molar-refractivity contribution in [3.05, 3.63) is 0 Å². The van der Waals surface area contributed by atoms with E-state index in [-0.39, 0.29) is 25.4 Å². The van der Waals surface area contributed by atoms with Crippen molar-refractivity contribution < 1.29 is 43.3 Å². The van der Waals surface area contributed by atoms with Crippen molar-refractivity contribution in [2.24, 2.45) is 0 Å². The van der Waals surface area contributed by atoms with E-state index < -0.39 is 42.3 Å². The van der Waals surface area contributed by atoms with E-state index in [2.05, 4.69) is 0 Å². The summed E-state index contributed by atoms with van der Waals surface area (Å²) in [5.74, 6) is -1.88. The molecule has 2 saturated heterocycles. The first-order valence-electron chi connectivity index (χ1n) is 8.36. The van der Waals surface area contributed by atoms with Gasteiger partial charge in [-0.3, -0.25) is 19.2 Å². The lowest BCUT2D eigenvalue weighted by Crippen LogP contribution is -2.56. The smallest absolute Gasteiger partial charge is 0.303 e. The number of aliphatic hydroxyl groups excluding tert-OH is 1. The van der Waals surface area contributed by atoms with E-state index in [4.69, 9.17) is 23.8 Å². The van der Waals surface area contributed by atoms with Crippen molar-refractivity contribution in [3.63, 3.8) is 0 Å². The van der Waals surface area contributed by atoms with Gasteiger partial charge in [-0.05, 0) is 6.42 Å². The highest BCUT2D eigenvalue weighted by Gasteiger charge is 2.49. The molecule has 0 spiro atoms. The number of likely N-dealkylation sites (N-methyl/N-ethyl adjacent to an activating group) is 1. The normalized spacial score (nSPS) is 30.8. The maximum atomic E-state index is 11.6. The molecule has 0 aliphatic carbocycles. The Kier molecular flexibility index (Phi) is 6.93. The van der Waals surface area contributed by atoms with Crippen LogP contribution >= 0.6 is 0 Å². The molecule has 0 unspecified atom stereocenters. The standard InChI is InChI=1S/C16H25NO9/c1-8(18)22-7-13(24-9(2)19)15(25-10(3)20)16-14(21)12-5-11(6-23-16)26-17(12)4/h11-16,21H,5-7H2,1-4H3/t11-,12+,13-,14-,15-,16+/m1/s1. The van der Waals surface area contributed by atoms with E-state index in [1.807, 2.05) is 0 Å². The minimum atomic E-state index is -1.15. The van der Waals surface area contributed by atoms with Crippen LogP contribution in [0.1, 0.15) is 27.2 Å². The molecule has 2 aliphatic heterocycles. The largest absolute Gasteiger partial charge is 0.462 e. The molecule has 1 N–H and O–H groups in total. The Morgan fingerprint density at radius 3 is 2.38 bits per heavy atom. The van der Waals surface area contributed by atoms with Crippen molar-refractivity contribution in [1.29, 1.82) is 0 Å². The molecule has 0 radical (unpaired) electrons. The van der Waals surface area contributed by atoms with E-state index in [0.29, 0.717) is 6.42 Å². The van der Waals surface area contributed by atoms with E-state index >= 15 is 0 Å². The number of fused-ring (bicyclic) bond motifs is 2. The molecule has 2 heterocycles. The van der Waals surface area contributed by atoms with Crippen LogP contribution in [0, 0.1) is 0 Å². The zero-order valence-corrected chi connectivity index (χ0v) is 15.2. The van der Waals surface area contributed by atoms with Crippen LogP contribution in [0.5, 0.6) is 0 Å². The predicted octanol–water partition coefficient (Wildman–Crippen LogP) is -0.823. The molecule has 0 saturated carbocycles. The molecule has 10 nitrogen and oxygen atoms in total. The molecule has 10 heteroatoms. The van der Waals surface area contributed by atoms with Gasteiger partial charge in [0.25, 0.3) is 0 Å². The Morgan fingerprint density at radius 1 is 1.15 bits per heavy atom. The fourth-order valence-electron chi connectivity index (χ4n) is 3.21. The Hall–Kier alpha value is -1.75. The number of aliphatic hydroxyl groups is 1. The van der Waals surface area contributed by atoms with Gasteiger partial charge in [0.2, 0.25) is 0 Å². The van der Waals surface area contributed by atoms with Crippen LogP contribution in [-0.2, 0) is 38.2 Å². The molecular weight excluding hydrogens is 350 g/mol. The number of hydrogen-bond donors (Lipinski definition) is 1. The number of esters is 3. The number of hydroxylamine groups is 2. The third-order valence-electron chi connectivity index (χ3n) is 4.25. The first-order chi connectivity index (χ1) is 12.2. The monoisotopic (exact) mass is 375 g/mol. The summed E-state index contributed by atoms with van der Waals surface area (Å²) in [5.41, 5.74) is 0. The molecule has 26 heavy (non-hydrogen) atoms. The average molecular weight is 375 g/mol. The number of ether oxygens (including phenoxy) is 4. The first-order valence-corrected chi connectivity index (χ1v) is 8.36. The molecule has 0 amide bonds. The molecule has 148 valence electrons. The van der Waals surface area contributed by atoms with E-state index in [1.54, 1.807) is 12.1 Å². The number of hydrogen-bond acceptors (Lipinski definition) is 10. The van der Waals surface area contributed by atoms with Crippen molar-refractivity contribution >= 4 is 17.9 Å². The molecule has 2 fully saturated rings. The summed E-state index contributed by atoms with van der Waals surface area (Å²) < 4.78 is 21.1. The van der Waals surface area contributed by atoms with Gasteiger partial charge in [0.15, 0.2) is 12.2 Å². The minimum Gasteiger partial charge on any atom is -0.462 e. The van der Waals surface area contributed by atoms with Crippen LogP contribution in [0.4, 0.5) is 0 Å². The van der Waals surface area contributed by atoms with Gasteiger partial charge in [0.05, 0.1) is 12.6 Å². The molecule has 2 aliphatic rings. The topological polar surface area (TPSA) is 121 Å². The number of rotatable bonds is 6. The van der Waals surface area contributed by atoms with Gasteiger partial charge in [-0.25, -0.2) is 0 Å². The van der Waals surface area contributed by atoms with Gasteiger partial charge < -0.3 is 24.1 Å². The van der Waals surface area contributed by atoms with Crippen LogP contribution in [0.15, 0.2) is 0 Å². The average Bonchev–Trinajstić information content (AvgIpc) is 2.81. The second-order valence-corrected chi connectivity index (χ2v) is 6.39. The van der Waals surface area contributed by atoms with Gasteiger partial charge in [0.1, 0.15) is 24.9 Å². The van der Waals surface area contributed by atoms with Gasteiger partial charge in [0, 0.05) is 27.8 Å². The summed E-state index contributed by atoms with van der Waals surface area (Å²) >= 11 is 0. The Labute approximate surface area is 151 Å². The fraction of sp³-hybridized carbons (Fsp3) is 0.812. The van der Waals surface area contributed by atoms with Crippen LogP contribution < -0.4 is 0 Å². The van der Waals surface area contributed by atoms with E-state index in [1.165, 1.54) is 20.8 Å². The molecular formula is C16H25NO9. The minimum absolute atomic E-state index is 0.167. The summed E-state index contributed by atoms with van der Waals surface area (Å²) in [6.45, 7) is 3.40. The van der Waals surface area contributed by atoms with Gasteiger partial charge >= 0.3 is 17.9 Å². The third kappa shape index (κ3) is 5.13. The third-order valence-corrected chi connectivity index (χ3v) is 4.25.